The van der Waals surface area contributed by atoms with E-state index < -0.39 is 19.0 Å². The Morgan fingerprint density at radius 1 is 1.25 bits per heavy atom. The fourth-order valence-electron chi connectivity index (χ4n) is 1.19. The molecule has 1 N–H and O–H groups in total. The highest BCUT2D eigenvalue weighted by Crippen LogP contribution is 2.07. The SMILES string of the molecule is O=C(O)Cc1ccc(COCC(F)F)cc1. The van der Waals surface area contributed by atoms with Crippen molar-refractivity contribution in [3.05, 3.63) is 35.4 Å². The number of alkyl halides is 2. The van der Waals surface area contributed by atoms with Crippen molar-refractivity contribution in [3.63, 3.8) is 0 Å². The van der Waals surface area contributed by atoms with Crippen LogP contribution in [0, 0.1) is 0 Å². The highest BCUT2D eigenvalue weighted by atomic mass is 19.3. The van der Waals surface area contributed by atoms with Gasteiger partial charge in [0.25, 0.3) is 6.43 Å². The molecule has 0 atom stereocenters. The summed E-state index contributed by atoms with van der Waals surface area (Å²) in [5.74, 6) is -0.901. The van der Waals surface area contributed by atoms with Gasteiger partial charge in [0, 0.05) is 0 Å². The Labute approximate surface area is 91.7 Å². The first-order chi connectivity index (χ1) is 7.58. The Balaban J connectivity index is 2.42. The summed E-state index contributed by atoms with van der Waals surface area (Å²) in [5.41, 5.74) is 1.42. The molecule has 0 radical (unpaired) electrons. The Hall–Kier alpha value is -1.49. The quantitative estimate of drug-likeness (QED) is 0.814. The Morgan fingerprint density at radius 3 is 2.31 bits per heavy atom. The summed E-state index contributed by atoms with van der Waals surface area (Å²) in [7, 11) is 0. The predicted octanol–water partition coefficient (Wildman–Crippen LogP) is 2.10. The van der Waals surface area contributed by atoms with E-state index in [-0.39, 0.29) is 13.0 Å². The zero-order chi connectivity index (χ0) is 12.0. The maximum absolute atomic E-state index is 11.8. The lowest BCUT2D eigenvalue weighted by Gasteiger charge is -2.04. The van der Waals surface area contributed by atoms with Gasteiger partial charge in [0.15, 0.2) is 0 Å². The molecule has 16 heavy (non-hydrogen) atoms. The summed E-state index contributed by atoms with van der Waals surface area (Å²) >= 11 is 0. The summed E-state index contributed by atoms with van der Waals surface area (Å²) in [4.78, 5) is 10.4. The van der Waals surface area contributed by atoms with Crippen molar-refractivity contribution in [2.45, 2.75) is 19.5 Å². The van der Waals surface area contributed by atoms with Crippen molar-refractivity contribution >= 4 is 5.97 Å². The number of carboxylic acid groups (broad SMARTS) is 1. The molecule has 0 heterocycles. The van der Waals surface area contributed by atoms with Gasteiger partial charge < -0.3 is 9.84 Å². The minimum atomic E-state index is -2.47. The van der Waals surface area contributed by atoms with E-state index in [1.807, 2.05) is 0 Å². The van der Waals surface area contributed by atoms with Crippen molar-refractivity contribution < 1.29 is 23.4 Å². The van der Waals surface area contributed by atoms with Crippen molar-refractivity contribution in [2.24, 2.45) is 0 Å². The third-order valence-electron chi connectivity index (χ3n) is 1.89. The molecule has 0 aromatic heterocycles. The number of rotatable bonds is 6. The van der Waals surface area contributed by atoms with Gasteiger partial charge in [-0.15, -0.1) is 0 Å². The normalized spacial score (nSPS) is 10.7. The molecule has 0 saturated heterocycles. The number of carbonyl (C=O) groups is 1. The van der Waals surface area contributed by atoms with Crippen molar-refractivity contribution in [1.29, 1.82) is 0 Å². The van der Waals surface area contributed by atoms with E-state index >= 15 is 0 Å². The highest BCUT2D eigenvalue weighted by molar-refractivity contribution is 5.70. The summed E-state index contributed by atoms with van der Waals surface area (Å²) in [6.07, 6.45) is -2.51. The molecule has 0 aliphatic carbocycles. The van der Waals surface area contributed by atoms with Crippen molar-refractivity contribution in [3.8, 4) is 0 Å². The van der Waals surface area contributed by atoms with E-state index in [0.717, 1.165) is 5.56 Å². The second-order valence-electron chi connectivity index (χ2n) is 3.29. The Morgan fingerprint density at radius 2 is 1.81 bits per heavy atom. The fraction of sp³-hybridized carbons (Fsp3) is 0.364. The largest absolute Gasteiger partial charge is 0.481 e. The van der Waals surface area contributed by atoms with Crippen LogP contribution in [0.1, 0.15) is 11.1 Å². The molecule has 0 amide bonds. The van der Waals surface area contributed by atoms with Crippen LogP contribution in [0.5, 0.6) is 0 Å². The number of halogens is 2. The van der Waals surface area contributed by atoms with Crippen LogP contribution >= 0.6 is 0 Å². The van der Waals surface area contributed by atoms with Gasteiger partial charge in [-0.2, -0.15) is 0 Å². The molecular weight excluding hydrogens is 218 g/mol. The molecule has 88 valence electrons. The molecule has 0 aliphatic heterocycles. The number of ether oxygens (including phenoxy) is 1. The van der Waals surface area contributed by atoms with Gasteiger partial charge in [-0.3, -0.25) is 4.79 Å². The van der Waals surface area contributed by atoms with Crippen LogP contribution in [0.4, 0.5) is 8.78 Å². The predicted molar refractivity (Wildman–Crippen MR) is 53.4 cm³/mol. The molecule has 1 aromatic carbocycles. The van der Waals surface area contributed by atoms with E-state index in [1.165, 1.54) is 0 Å². The maximum Gasteiger partial charge on any atom is 0.307 e. The van der Waals surface area contributed by atoms with E-state index in [9.17, 15) is 13.6 Å². The zero-order valence-electron chi connectivity index (χ0n) is 8.53. The van der Waals surface area contributed by atoms with Crippen LogP contribution in [0.15, 0.2) is 24.3 Å². The van der Waals surface area contributed by atoms with E-state index in [1.54, 1.807) is 24.3 Å². The third-order valence-corrected chi connectivity index (χ3v) is 1.89. The average Bonchev–Trinajstić information content (AvgIpc) is 2.19. The number of hydrogen-bond acceptors (Lipinski definition) is 2. The second kappa shape index (κ2) is 6.17. The van der Waals surface area contributed by atoms with Gasteiger partial charge in [0.1, 0.15) is 6.61 Å². The van der Waals surface area contributed by atoms with Gasteiger partial charge >= 0.3 is 5.97 Å². The lowest BCUT2D eigenvalue weighted by atomic mass is 10.1. The molecule has 0 saturated carbocycles. The van der Waals surface area contributed by atoms with Crippen LogP contribution in [0.2, 0.25) is 0 Å². The van der Waals surface area contributed by atoms with E-state index in [4.69, 9.17) is 9.84 Å². The standard InChI is InChI=1S/C11H12F2O3/c12-10(13)7-16-6-9-3-1-8(2-4-9)5-11(14)15/h1-4,10H,5-7H2,(H,14,15). The maximum atomic E-state index is 11.8. The number of carboxylic acids is 1. The first kappa shape index (κ1) is 12.6. The number of hydrogen-bond donors (Lipinski definition) is 1. The number of aliphatic carboxylic acids is 1. The lowest BCUT2D eigenvalue weighted by molar-refractivity contribution is -0.136. The van der Waals surface area contributed by atoms with Gasteiger partial charge in [0.05, 0.1) is 13.0 Å². The minimum Gasteiger partial charge on any atom is -0.481 e. The first-order valence-electron chi connectivity index (χ1n) is 4.73. The van der Waals surface area contributed by atoms with Crippen molar-refractivity contribution in [2.75, 3.05) is 6.61 Å². The average molecular weight is 230 g/mol. The molecule has 1 rings (SSSR count). The molecule has 0 spiro atoms. The Kier molecular flexibility index (Phi) is 4.85. The van der Waals surface area contributed by atoms with Crippen LogP contribution in [0.3, 0.4) is 0 Å². The van der Waals surface area contributed by atoms with E-state index in [0.29, 0.717) is 5.56 Å². The molecule has 3 nitrogen and oxygen atoms in total. The summed E-state index contributed by atoms with van der Waals surface area (Å²) in [5, 5.41) is 8.53. The second-order valence-corrected chi connectivity index (χ2v) is 3.29. The van der Waals surface area contributed by atoms with Crippen LogP contribution in [-0.4, -0.2) is 24.1 Å². The molecule has 1 aromatic rings. The van der Waals surface area contributed by atoms with Crippen LogP contribution in [0.25, 0.3) is 0 Å². The molecule has 0 unspecified atom stereocenters. The topological polar surface area (TPSA) is 46.5 Å². The summed E-state index contributed by atoms with van der Waals surface area (Å²) in [6.45, 7) is -0.478. The van der Waals surface area contributed by atoms with Gasteiger partial charge in [-0.05, 0) is 11.1 Å². The fourth-order valence-corrected chi connectivity index (χ4v) is 1.19. The molecular formula is C11H12F2O3. The Bertz CT molecular complexity index is 336. The molecule has 0 bridgehead atoms. The smallest absolute Gasteiger partial charge is 0.307 e. The summed E-state index contributed by atoms with van der Waals surface area (Å²) < 4.78 is 28.2. The van der Waals surface area contributed by atoms with Crippen LogP contribution < -0.4 is 0 Å². The van der Waals surface area contributed by atoms with Gasteiger partial charge in [0.2, 0.25) is 0 Å². The molecule has 0 fully saturated rings. The van der Waals surface area contributed by atoms with Crippen LogP contribution in [-0.2, 0) is 22.6 Å². The highest BCUT2D eigenvalue weighted by Gasteiger charge is 2.03. The first-order valence-corrected chi connectivity index (χ1v) is 4.73. The minimum absolute atomic E-state index is 0.0435. The molecule has 5 heteroatoms. The van der Waals surface area contributed by atoms with Gasteiger partial charge in [-0.25, -0.2) is 8.78 Å². The molecule has 0 aliphatic rings. The zero-order valence-corrected chi connectivity index (χ0v) is 8.53. The third kappa shape index (κ3) is 4.84. The van der Waals surface area contributed by atoms with E-state index in [2.05, 4.69) is 0 Å². The monoisotopic (exact) mass is 230 g/mol. The van der Waals surface area contributed by atoms with Gasteiger partial charge in [-0.1, -0.05) is 24.3 Å². The lowest BCUT2D eigenvalue weighted by Crippen LogP contribution is -2.04. The number of benzene rings is 1. The van der Waals surface area contributed by atoms with Crippen molar-refractivity contribution in [1.82, 2.24) is 0 Å². The summed E-state index contributed by atoms with van der Waals surface area (Å²) in [6, 6.07) is 6.64.